The maximum atomic E-state index is 12.9. The Morgan fingerprint density at radius 1 is 1.00 bits per heavy atom. The molecule has 0 saturated carbocycles. The molecule has 0 aliphatic carbocycles. The molecule has 1 aliphatic rings. The molecule has 5 nitrogen and oxygen atoms in total. The van der Waals surface area contributed by atoms with Gasteiger partial charge in [-0.3, -0.25) is 4.79 Å². The van der Waals surface area contributed by atoms with Crippen molar-refractivity contribution >= 4 is 15.7 Å². The molecule has 1 aliphatic heterocycles. The zero-order valence-electron chi connectivity index (χ0n) is 15.1. The average Bonchev–Trinajstić information content (AvgIpc) is 2.68. The van der Waals surface area contributed by atoms with Crippen molar-refractivity contribution in [2.24, 2.45) is 0 Å². The quantitative estimate of drug-likeness (QED) is 0.745. The van der Waals surface area contributed by atoms with Crippen LogP contribution in [0.25, 0.3) is 0 Å². The van der Waals surface area contributed by atoms with E-state index in [0.717, 1.165) is 31.8 Å². The molecule has 0 aromatic heterocycles. The molecule has 0 atom stereocenters. The molecule has 2 aromatic rings. The molecule has 7 heteroatoms. The Bertz CT molecular complexity index is 862. The lowest BCUT2D eigenvalue weighted by Crippen LogP contribution is -3.13. The van der Waals surface area contributed by atoms with Crippen LogP contribution >= 0.6 is 0 Å². The Morgan fingerprint density at radius 2 is 1.63 bits per heavy atom. The van der Waals surface area contributed by atoms with Gasteiger partial charge in [0.05, 0.1) is 36.8 Å². The Hall–Kier alpha value is -2.25. The van der Waals surface area contributed by atoms with Gasteiger partial charge >= 0.3 is 0 Å². The van der Waals surface area contributed by atoms with Crippen LogP contribution in [0.15, 0.2) is 59.5 Å². The van der Waals surface area contributed by atoms with Crippen LogP contribution < -0.4 is 4.90 Å². The summed E-state index contributed by atoms with van der Waals surface area (Å²) in [6.45, 7) is 3.91. The van der Waals surface area contributed by atoms with E-state index in [4.69, 9.17) is 0 Å². The van der Waals surface area contributed by atoms with E-state index in [1.54, 1.807) is 4.90 Å². The first-order valence-electron chi connectivity index (χ1n) is 9.08. The molecular formula is C20H24FN2O3S+. The number of nitrogens with one attached hydrogen (secondary N) is 1. The number of carbonyl (C=O) groups excluding carboxylic acids is 1. The highest BCUT2D eigenvalue weighted by molar-refractivity contribution is 7.91. The standard InChI is InChI=1S/C20H23FN2O3S/c21-18-6-8-19(9-7-18)27(25,26)15-10-20(24)23-13-11-22(12-14-23)16-17-4-2-1-3-5-17/h1-9H,10-16H2/p+1. The van der Waals surface area contributed by atoms with Gasteiger partial charge in [0.2, 0.25) is 5.91 Å². The summed E-state index contributed by atoms with van der Waals surface area (Å²) >= 11 is 0. The first-order valence-corrected chi connectivity index (χ1v) is 10.7. The first-order chi connectivity index (χ1) is 12.9. The van der Waals surface area contributed by atoms with E-state index in [0.29, 0.717) is 13.1 Å². The van der Waals surface area contributed by atoms with Gasteiger partial charge in [0.25, 0.3) is 0 Å². The molecule has 27 heavy (non-hydrogen) atoms. The number of rotatable bonds is 6. The summed E-state index contributed by atoms with van der Waals surface area (Å²) in [6.07, 6.45) is -0.0479. The SMILES string of the molecule is O=C(CCS(=O)(=O)c1ccc(F)cc1)N1CC[NH+](Cc2ccccc2)CC1. The van der Waals surface area contributed by atoms with E-state index in [2.05, 4.69) is 12.1 Å². The molecule has 1 amide bonds. The smallest absolute Gasteiger partial charge is 0.224 e. The first kappa shape index (κ1) is 19.5. The molecule has 0 spiro atoms. The van der Waals surface area contributed by atoms with Crippen molar-refractivity contribution in [3.63, 3.8) is 0 Å². The van der Waals surface area contributed by atoms with Gasteiger partial charge in [-0.2, -0.15) is 0 Å². The van der Waals surface area contributed by atoms with E-state index in [9.17, 15) is 17.6 Å². The summed E-state index contributed by atoms with van der Waals surface area (Å²) in [5, 5.41) is 0. The van der Waals surface area contributed by atoms with Gasteiger partial charge in [-0.15, -0.1) is 0 Å². The van der Waals surface area contributed by atoms with Gasteiger partial charge in [-0.25, -0.2) is 12.8 Å². The van der Waals surface area contributed by atoms with E-state index in [1.807, 2.05) is 18.2 Å². The number of hydrogen-bond acceptors (Lipinski definition) is 3. The molecular weight excluding hydrogens is 367 g/mol. The molecule has 1 saturated heterocycles. The third-order valence-corrected chi connectivity index (χ3v) is 6.61. The van der Waals surface area contributed by atoms with Crippen molar-refractivity contribution in [2.75, 3.05) is 31.9 Å². The van der Waals surface area contributed by atoms with Gasteiger partial charge in [-0.1, -0.05) is 30.3 Å². The van der Waals surface area contributed by atoms with Crippen LogP contribution in [0.2, 0.25) is 0 Å². The molecule has 0 bridgehead atoms. The van der Waals surface area contributed by atoms with E-state index in [-0.39, 0.29) is 23.0 Å². The zero-order chi connectivity index (χ0) is 19.3. The monoisotopic (exact) mass is 391 g/mol. The van der Waals surface area contributed by atoms with Gasteiger partial charge in [0, 0.05) is 12.0 Å². The molecule has 3 rings (SSSR count). The second-order valence-electron chi connectivity index (χ2n) is 6.82. The van der Waals surface area contributed by atoms with Crippen LogP contribution in [-0.2, 0) is 21.2 Å². The summed E-state index contributed by atoms with van der Waals surface area (Å²) in [4.78, 5) is 15.6. The summed E-state index contributed by atoms with van der Waals surface area (Å²) < 4.78 is 37.5. The highest BCUT2D eigenvalue weighted by atomic mass is 32.2. The second kappa shape index (κ2) is 8.63. The number of benzene rings is 2. The van der Waals surface area contributed by atoms with Crippen LogP contribution in [0.1, 0.15) is 12.0 Å². The maximum absolute atomic E-state index is 12.9. The number of carbonyl (C=O) groups is 1. The predicted octanol–water partition coefficient (Wildman–Crippen LogP) is 0.917. The fourth-order valence-electron chi connectivity index (χ4n) is 3.27. The van der Waals surface area contributed by atoms with Crippen LogP contribution in [0.3, 0.4) is 0 Å². The van der Waals surface area contributed by atoms with E-state index >= 15 is 0 Å². The highest BCUT2D eigenvalue weighted by Gasteiger charge is 2.25. The Balaban J connectivity index is 1.47. The van der Waals surface area contributed by atoms with Crippen LogP contribution in [0.4, 0.5) is 4.39 Å². The van der Waals surface area contributed by atoms with Crippen molar-refractivity contribution in [1.29, 1.82) is 0 Å². The molecule has 2 aromatic carbocycles. The van der Waals surface area contributed by atoms with Crippen molar-refractivity contribution in [3.8, 4) is 0 Å². The summed E-state index contributed by atoms with van der Waals surface area (Å²) in [5.74, 6) is -0.880. The minimum Gasteiger partial charge on any atom is -0.331 e. The third-order valence-electron chi connectivity index (χ3n) is 4.88. The molecule has 0 unspecified atom stereocenters. The van der Waals surface area contributed by atoms with E-state index in [1.165, 1.54) is 22.6 Å². The van der Waals surface area contributed by atoms with Crippen molar-refractivity contribution in [3.05, 3.63) is 66.0 Å². The number of hydrogen-bond donors (Lipinski definition) is 1. The minimum absolute atomic E-state index is 0.0479. The molecule has 0 radical (unpaired) electrons. The molecule has 1 heterocycles. The lowest BCUT2D eigenvalue weighted by Gasteiger charge is -2.32. The van der Waals surface area contributed by atoms with Gasteiger partial charge in [-0.05, 0) is 24.3 Å². The average molecular weight is 391 g/mol. The predicted molar refractivity (Wildman–Crippen MR) is 100 cm³/mol. The second-order valence-corrected chi connectivity index (χ2v) is 8.93. The normalized spacial score (nSPS) is 15.7. The fourth-order valence-corrected chi connectivity index (χ4v) is 4.50. The van der Waals surface area contributed by atoms with E-state index < -0.39 is 15.7 Å². The van der Waals surface area contributed by atoms with Crippen LogP contribution in [0.5, 0.6) is 0 Å². The topological polar surface area (TPSA) is 58.9 Å². The lowest BCUT2D eigenvalue weighted by atomic mass is 10.2. The number of nitrogens with zero attached hydrogens (tertiary/aromatic N) is 1. The maximum Gasteiger partial charge on any atom is 0.224 e. The summed E-state index contributed by atoms with van der Waals surface area (Å²) in [6, 6.07) is 15.0. The van der Waals surface area contributed by atoms with Crippen molar-refractivity contribution < 1.29 is 22.5 Å². The lowest BCUT2D eigenvalue weighted by molar-refractivity contribution is -0.917. The Morgan fingerprint density at radius 3 is 2.26 bits per heavy atom. The third kappa shape index (κ3) is 5.37. The van der Waals surface area contributed by atoms with Crippen molar-refractivity contribution in [2.45, 2.75) is 17.9 Å². The van der Waals surface area contributed by atoms with Gasteiger partial charge in [0.15, 0.2) is 9.84 Å². The minimum atomic E-state index is -3.58. The number of halogens is 1. The number of amides is 1. The Labute approximate surface area is 159 Å². The number of quaternary nitrogens is 1. The largest absolute Gasteiger partial charge is 0.331 e. The zero-order valence-corrected chi connectivity index (χ0v) is 15.9. The summed E-state index contributed by atoms with van der Waals surface area (Å²) in [7, 11) is -3.58. The van der Waals surface area contributed by atoms with Crippen molar-refractivity contribution in [1.82, 2.24) is 4.90 Å². The highest BCUT2D eigenvalue weighted by Crippen LogP contribution is 2.13. The van der Waals surface area contributed by atoms with Gasteiger partial charge < -0.3 is 9.80 Å². The van der Waals surface area contributed by atoms with Gasteiger partial charge in [0.1, 0.15) is 12.4 Å². The van der Waals surface area contributed by atoms with Crippen LogP contribution in [-0.4, -0.2) is 51.2 Å². The molecule has 1 fully saturated rings. The fraction of sp³-hybridized carbons (Fsp3) is 0.350. The molecule has 144 valence electrons. The Kier molecular flexibility index (Phi) is 6.23. The number of piperazine rings is 1. The number of sulfone groups is 1. The summed E-state index contributed by atoms with van der Waals surface area (Å²) in [5.41, 5.74) is 1.28. The molecule has 1 N–H and O–H groups in total. The van der Waals surface area contributed by atoms with Crippen LogP contribution in [0, 0.1) is 5.82 Å².